The molecular weight excluding hydrogens is 174 g/mol. The quantitative estimate of drug-likeness (QED) is 0.729. The molecule has 0 bridgehead atoms. The second-order valence-corrected chi connectivity index (χ2v) is 2.97. The predicted octanol–water partition coefficient (Wildman–Crippen LogP) is 1.91. The van der Waals surface area contributed by atoms with Crippen molar-refractivity contribution in [2.24, 2.45) is 0 Å². The molecule has 0 spiro atoms. The minimum Gasteiger partial charge on any atom is -0.352 e. The zero-order valence-corrected chi connectivity index (χ0v) is 7.75. The summed E-state index contributed by atoms with van der Waals surface area (Å²) >= 11 is 5.58. The highest BCUT2D eigenvalue weighted by molar-refractivity contribution is 6.17. The highest BCUT2D eigenvalue weighted by Crippen LogP contribution is 2.01. The number of aromatic nitrogens is 2. The highest BCUT2D eigenvalue weighted by Gasteiger charge is 2.00. The van der Waals surface area contributed by atoms with E-state index in [0.717, 1.165) is 6.42 Å². The van der Waals surface area contributed by atoms with Crippen LogP contribution in [-0.2, 0) is 0 Å². The monoisotopic (exact) mass is 185 g/mol. The number of nitrogens with one attached hydrogen (secondary N) is 1. The Labute approximate surface area is 77.2 Å². The van der Waals surface area contributed by atoms with Gasteiger partial charge >= 0.3 is 0 Å². The van der Waals surface area contributed by atoms with Gasteiger partial charge in [-0.3, -0.25) is 0 Å². The molecule has 1 heterocycles. The molecule has 1 aromatic heterocycles. The van der Waals surface area contributed by atoms with E-state index >= 15 is 0 Å². The number of rotatable bonds is 4. The Morgan fingerprint density at radius 2 is 2.17 bits per heavy atom. The number of nitrogens with zero attached hydrogens (tertiary/aromatic N) is 2. The maximum absolute atomic E-state index is 5.58. The van der Waals surface area contributed by atoms with E-state index in [1.807, 2.05) is 0 Å². The third-order valence-electron chi connectivity index (χ3n) is 1.48. The van der Waals surface area contributed by atoms with Crippen LogP contribution in [0.25, 0.3) is 0 Å². The summed E-state index contributed by atoms with van der Waals surface area (Å²) in [5.74, 6) is 1.32. The minimum absolute atomic E-state index is 0.324. The van der Waals surface area contributed by atoms with Crippen LogP contribution < -0.4 is 5.32 Å². The lowest BCUT2D eigenvalue weighted by Crippen LogP contribution is -2.17. The van der Waals surface area contributed by atoms with Crippen molar-refractivity contribution in [1.29, 1.82) is 0 Å². The van der Waals surface area contributed by atoms with E-state index in [9.17, 15) is 0 Å². The van der Waals surface area contributed by atoms with Gasteiger partial charge in [0.2, 0.25) is 5.95 Å². The minimum atomic E-state index is 0.324. The van der Waals surface area contributed by atoms with Gasteiger partial charge in [0.25, 0.3) is 0 Å². The molecule has 1 unspecified atom stereocenters. The van der Waals surface area contributed by atoms with Gasteiger partial charge < -0.3 is 5.32 Å². The molecule has 0 saturated carbocycles. The first-order chi connectivity index (χ1) is 5.83. The summed E-state index contributed by atoms with van der Waals surface area (Å²) < 4.78 is 0. The van der Waals surface area contributed by atoms with E-state index in [1.54, 1.807) is 18.5 Å². The summed E-state index contributed by atoms with van der Waals surface area (Å²) in [6, 6.07) is 2.11. The summed E-state index contributed by atoms with van der Waals surface area (Å²) in [6.07, 6.45) is 4.34. The molecule has 0 amide bonds. The van der Waals surface area contributed by atoms with Crippen LogP contribution >= 0.6 is 11.6 Å². The molecule has 1 atom stereocenters. The average molecular weight is 186 g/mol. The van der Waals surface area contributed by atoms with Gasteiger partial charge in [0.1, 0.15) is 0 Å². The van der Waals surface area contributed by atoms with Crippen LogP contribution in [-0.4, -0.2) is 21.9 Å². The summed E-state index contributed by atoms with van der Waals surface area (Å²) in [7, 11) is 0. The Kier molecular flexibility index (Phi) is 3.80. The van der Waals surface area contributed by atoms with Crippen molar-refractivity contribution >= 4 is 17.5 Å². The predicted molar refractivity (Wildman–Crippen MR) is 50.5 cm³/mol. The van der Waals surface area contributed by atoms with Crippen LogP contribution in [0.15, 0.2) is 18.5 Å². The van der Waals surface area contributed by atoms with Crippen molar-refractivity contribution in [1.82, 2.24) is 9.97 Å². The van der Waals surface area contributed by atoms with E-state index in [4.69, 9.17) is 11.6 Å². The van der Waals surface area contributed by atoms with Gasteiger partial charge in [-0.1, -0.05) is 0 Å². The van der Waals surface area contributed by atoms with Gasteiger partial charge in [0, 0.05) is 24.3 Å². The van der Waals surface area contributed by atoms with Gasteiger partial charge in [-0.15, -0.1) is 11.6 Å². The zero-order valence-electron chi connectivity index (χ0n) is 7.00. The Balaban J connectivity index is 2.41. The number of hydrogen-bond acceptors (Lipinski definition) is 3. The molecule has 0 aliphatic heterocycles. The molecule has 66 valence electrons. The van der Waals surface area contributed by atoms with Crippen LogP contribution in [0.3, 0.4) is 0 Å². The standard InChI is InChI=1S/C8H12ClN3/c1-7(3-4-9)12-8-10-5-2-6-11-8/h2,5-7H,3-4H2,1H3,(H,10,11,12). The largest absolute Gasteiger partial charge is 0.352 e. The Morgan fingerprint density at radius 3 is 2.75 bits per heavy atom. The van der Waals surface area contributed by atoms with Crippen molar-refractivity contribution in [3.8, 4) is 0 Å². The van der Waals surface area contributed by atoms with E-state index in [2.05, 4.69) is 22.2 Å². The van der Waals surface area contributed by atoms with E-state index in [1.165, 1.54) is 0 Å². The fourth-order valence-corrected chi connectivity index (χ4v) is 1.16. The lowest BCUT2D eigenvalue weighted by atomic mass is 10.3. The summed E-state index contributed by atoms with van der Waals surface area (Å²) in [4.78, 5) is 8.07. The van der Waals surface area contributed by atoms with E-state index < -0.39 is 0 Å². The number of halogens is 1. The SMILES string of the molecule is CC(CCCl)Nc1ncccn1. The lowest BCUT2D eigenvalue weighted by molar-refractivity contribution is 0.757. The molecule has 0 fully saturated rings. The topological polar surface area (TPSA) is 37.8 Å². The maximum atomic E-state index is 5.58. The molecule has 4 heteroatoms. The van der Waals surface area contributed by atoms with Gasteiger partial charge in [-0.2, -0.15) is 0 Å². The molecular formula is C8H12ClN3. The maximum Gasteiger partial charge on any atom is 0.222 e. The van der Waals surface area contributed by atoms with Crippen LogP contribution in [0.2, 0.25) is 0 Å². The van der Waals surface area contributed by atoms with Gasteiger partial charge in [0.15, 0.2) is 0 Å². The normalized spacial score (nSPS) is 12.5. The Hall–Kier alpha value is -0.830. The molecule has 0 aromatic carbocycles. The van der Waals surface area contributed by atoms with Crippen molar-refractivity contribution in [2.75, 3.05) is 11.2 Å². The first-order valence-corrected chi connectivity index (χ1v) is 4.46. The Morgan fingerprint density at radius 1 is 1.50 bits per heavy atom. The van der Waals surface area contributed by atoms with Crippen LogP contribution in [0.5, 0.6) is 0 Å². The molecule has 1 N–H and O–H groups in total. The van der Waals surface area contributed by atoms with Crippen LogP contribution in [0.4, 0.5) is 5.95 Å². The molecule has 12 heavy (non-hydrogen) atoms. The van der Waals surface area contributed by atoms with Crippen molar-refractivity contribution in [3.63, 3.8) is 0 Å². The molecule has 3 nitrogen and oxygen atoms in total. The molecule has 0 saturated heterocycles. The Bertz CT molecular complexity index is 215. The van der Waals surface area contributed by atoms with Gasteiger partial charge in [-0.05, 0) is 19.4 Å². The molecule has 0 aliphatic carbocycles. The third kappa shape index (κ3) is 3.05. The molecule has 1 aromatic rings. The summed E-state index contributed by atoms with van der Waals surface area (Å²) in [6.45, 7) is 2.05. The molecule has 0 radical (unpaired) electrons. The summed E-state index contributed by atoms with van der Waals surface area (Å²) in [5.41, 5.74) is 0. The number of anilines is 1. The fourth-order valence-electron chi connectivity index (χ4n) is 0.830. The second kappa shape index (κ2) is 4.93. The second-order valence-electron chi connectivity index (χ2n) is 2.60. The first kappa shape index (κ1) is 9.26. The third-order valence-corrected chi connectivity index (χ3v) is 1.70. The lowest BCUT2D eigenvalue weighted by Gasteiger charge is -2.10. The molecule has 1 rings (SSSR count). The van der Waals surface area contributed by atoms with Crippen molar-refractivity contribution in [2.45, 2.75) is 19.4 Å². The first-order valence-electron chi connectivity index (χ1n) is 3.92. The summed E-state index contributed by atoms with van der Waals surface area (Å²) in [5, 5.41) is 3.14. The highest BCUT2D eigenvalue weighted by atomic mass is 35.5. The van der Waals surface area contributed by atoms with E-state index in [-0.39, 0.29) is 0 Å². The van der Waals surface area contributed by atoms with Gasteiger partial charge in [-0.25, -0.2) is 9.97 Å². The van der Waals surface area contributed by atoms with Crippen molar-refractivity contribution < 1.29 is 0 Å². The fraction of sp³-hybridized carbons (Fsp3) is 0.500. The van der Waals surface area contributed by atoms with E-state index in [0.29, 0.717) is 17.9 Å². The number of alkyl halides is 1. The zero-order chi connectivity index (χ0) is 8.81. The van der Waals surface area contributed by atoms with Gasteiger partial charge in [0.05, 0.1) is 0 Å². The van der Waals surface area contributed by atoms with Crippen LogP contribution in [0.1, 0.15) is 13.3 Å². The smallest absolute Gasteiger partial charge is 0.222 e. The average Bonchev–Trinajstić information content (AvgIpc) is 2.06. The molecule has 0 aliphatic rings. The van der Waals surface area contributed by atoms with Crippen LogP contribution in [0, 0.1) is 0 Å². The van der Waals surface area contributed by atoms with Crippen molar-refractivity contribution in [3.05, 3.63) is 18.5 Å². The number of hydrogen-bond donors (Lipinski definition) is 1.